The average molecular weight is 586 g/mol. The van der Waals surface area contributed by atoms with Crippen LogP contribution >= 0.6 is 23.4 Å². The van der Waals surface area contributed by atoms with Gasteiger partial charge in [0.05, 0.1) is 28.5 Å². The predicted molar refractivity (Wildman–Crippen MR) is 171 cm³/mol. The predicted octanol–water partition coefficient (Wildman–Crippen LogP) is 9.14. The molecule has 2 unspecified atom stereocenters. The zero-order chi connectivity index (χ0) is 29.0. The largest absolute Gasteiger partial charge is 0.481 e. The van der Waals surface area contributed by atoms with Crippen molar-refractivity contribution in [2.45, 2.75) is 56.8 Å². The van der Waals surface area contributed by atoms with E-state index in [9.17, 15) is 15.0 Å². The Labute approximate surface area is 251 Å². The van der Waals surface area contributed by atoms with E-state index in [0.717, 1.165) is 63.9 Å². The normalized spacial score (nSPS) is 16.5. The van der Waals surface area contributed by atoms with Gasteiger partial charge in [-0.15, -0.1) is 11.8 Å². The van der Waals surface area contributed by atoms with Crippen molar-refractivity contribution in [2.24, 2.45) is 5.41 Å². The molecule has 0 aliphatic heterocycles. The van der Waals surface area contributed by atoms with Crippen molar-refractivity contribution in [2.75, 3.05) is 5.75 Å². The number of hydrogen-bond acceptors (Lipinski definition) is 4. The lowest BCUT2D eigenvalue weighted by molar-refractivity contribution is -0.138. The molecule has 6 heteroatoms. The Morgan fingerprint density at radius 1 is 1.05 bits per heavy atom. The van der Waals surface area contributed by atoms with Crippen molar-refractivity contribution < 1.29 is 15.0 Å². The summed E-state index contributed by atoms with van der Waals surface area (Å²) in [6.45, 7) is 4.14. The Morgan fingerprint density at radius 3 is 2.56 bits per heavy atom. The van der Waals surface area contributed by atoms with Crippen LogP contribution in [0.1, 0.15) is 80.0 Å². The Bertz CT molecular complexity index is 1580. The molecule has 1 aromatic heterocycles. The van der Waals surface area contributed by atoms with Crippen LogP contribution in [-0.2, 0) is 9.54 Å². The van der Waals surface area contributed by atoms with Crippen LogP contribution in [0.5, 0.6) is 0 Å². The maximum absolute atomic E-state index is 12.3. The summed E-state index contributed by atoms with van der Waals surface area (Å²) in [5, 5.41) is 22.9. The lowest BCUT2D eigenvalue weighted by Gasteiger charge is -2.43. The van der Waals surface area contributed by atoms with E-state index in [1.54, 1.807) is 0 Å². The first-order valence-electron chi connectivity index (χ1n) is 14.3. The Balaban J connectivity index is 1.64. The van der Waals surface area contributed by atoms with E-state index in [4.69, 9.17) is 16.6 Å². The molecule has 0 amide bonds. The van der Waals surface area contributed by atoms with Crippen molar-refractivity contribution in [1.82, 2.24) is 4.98 Å². The van der Waals surface area contributed by atoms with Crippen LogP contribution in [0.2, 0.25) is 5.02 Å². The van der Waals surface area contributed by atoms with Crippen molar-refractivity contribution in [1.29, 1.82) is 0 Å². The summed E-state index contributed by atoms with van der Waals surface area (Å²) in [4.78, 5) is 17.0. The van der Waals surface area contributed by atoms with E-state index in [1.807, 2.05) is 73.3 Å². The van der Waals surface area contributed by atoms with E-state index in [0.29, 0.717) is 11.4 Å². The first-order valence-corrected chi connectivity index (χ1v) is 15.7. The first-order chi connectivity index (χ1) is 19.8. The quantitative estimate of drug-likeness (QED) is 0.173. The second-order valence-electron chi connectivity index (χ2n) is 10.9. The number of aromatic nitrogens is 1. The number of pyridine rings is 1. The summed E-state index contributed by atoms with van der Waals surface area (Å²) < 4.78 is -0.615. The molecular formula is C35H36ClNO3S. The summed E-state index contributed by atoms with van der Waals surface area (Å²) >= 11 is 8.02. The Morgan fingerprint density at radius 2 is 1.83 bits per heavy atom. The monoisotopic (exact) mass is 585 g/mol. The summed E-state index contributed by atoms with van der Waals surface area (Å²) in [5.41, 5.74) is 5.24. The fourth-order valence-electron chi connectivity index (χ4n) is 5.98. The minimum absolute atomic E-state index is 0.0872. The fraction of sp³-hybridized carbons (Fsp3) is 0.314. The summed E-state index contributed by atoms with van der Waals surface area (Å²) in [5.74, 6) is 0.0951. The molecule has 4 aromatic rings. The molecule has 0 bridgehead atoms. The van der Waals surface area contributed by atoms with Crippen molar-refractivity contribution in [3.05, 3.63) is 112 Å². The number of hydrogen-bond donors (Lipinski definition) is 2. The van der Waals surface area contributed by atoms with Gasteiger partial charge in [0.15, 0.2) is 0 Å². The summed E-state index contributed by atoms with van der Waals surface area (Å²) in [6.07, 6.45) is 6.73. The van der Waals surface area contributed by atoms with Gasteiger partial charge >= 0.3 is 5.97 Å². The van der Waals surface area contributed by atoms with Gasteiger partial charge in [0.1, 0.15) is 0 Å². The second kappa shape index (κ2) is 12.4. The molecule has 2 atom stereocenters. The number of aliphatic hydroxyl groups is 1. The molecule has 4 nitrogen and oxygen atoms in total. The number of carbonyl (C=O) groups is 1. The van der Waals surface area contributed by atoms with Gasteiger partial charge in [-0.1, -0.05) is 86.1 Å². The van der Waals surface area contributed by atoms with Crippen LogP contribution in [0.4, 0.5) is 0 Å². The highest BCUT2D eigenvalue weighted by molar-refractivity contribution is 8.00. The highest BCUT2D eigenvalue weighted by Crippen LogP contribution is 2.69. The first kappa shape index (κ1) is 29.4. The number of aliphatic hydroxyl groups excluding tert-OH is 1. The molecule has 2 N–H and O–H groups in total. The minimum Gasteiger partial charge on any atom is -0.481 e. The van der Waals surface area contributed by atoms with Crippen LogP contribution in [0, 0.1) is 5.41 Å². The molecule has 3 aromatic carbocycles. The number of carboxylic acid groups (broad SMARTS) is 1. The number of benzene rings is 3. The topological polar surface area (TPSA) is 70.4 Å². The fourth-order valence-corrected chi connectivity index (χ4v) is 7.87. The van der Waals surface area contributed by atoms with E-state index in [2.05, 4.69) is 43.3 Å². The van der Waals surface area contributed by atoms with Crippen molar-refractivity contribution in [3.8, 4) is 0 Å². The van der Waals surface area contributed by atoms with Crippen LogP contribution in [0.25, 0.3) is 23.1 Å². The van der Waals surface area contributed by atoms with E-state index < -0.39 is 22.2 Å². The molecule has 0 saturated heterocycles. The molecule has 1 fully saturated rings. The minimum atomic E-state index is -0.781. The number of fused-ring (bicyclic) bond motifs is 1. The third kappa shape index (κ3) is 5.94. The van der Waals surface area contributed by atoms with E-state index in [1.165, 1.54) is 0 Å². The van der Waals surface area contributed by atoms with E-state index in [-0.39, 0.29) is 6.42 Å². The molecule has 1 aliphatic carbocycles. The summed E-state index contributed by atoms with van der Waals surface area (Å²) in [7, 11) is 0. The Kier molecular flexibility index (Phi) is 8.88. The molecule has 1 heterocycles. The molecule has 0 radical (unpaired) electrons. The number of thioether (sulfide) groups is 1. The SMILES string of the molecule is CCCSC(c1cccc(C=Cc2ccc3ccc(Cl)cc3n2)c1)(c1ccccc1C(O)CC)C1(CC(=O)O)CC1. The molecule has 0 spiro atoms. The summed E-state index contributed by atoms with van der Waals surface area (Å²) in [6, 6.07) is 26.3. The van der Waals surface area contributed by atoms with Crippen molar-refractivity contribution >= 4 is 52.4 Å². The highest BCUT2D eigenvalue weighted by atomic mass is 35.5. The zero-order valence-electron chi connectivity index (χ0n) is 23.5. The lowest BCUT2D eigenvalue weighted by Crippen LogP contribution is -2.38. The smallest absolute Gasteiger partial charge is 0.303 e. The number of nitrogens with zero attached hydrogens (tertiary/aromatic N) is 1. The van der Waals surface area contributed by atoms with Gasteiger partial charge in [-0.05, 0) is 84.0 Å². The zero-order valence-corrected chi connectivity index (χ0v) is 25.1. The maximum atomic E-state index is 12.3. The van der Waals surface area contributed by atoms with Gasteiger partial charge in [0, 0.05) is 15.8 Å². The van der Waals surface area contributed by atoms with Gasteiger partial charge in [0.25, 0.3) is 0 Å². The third-order valence-corrected chi connectivity index (χ3v) is 10.3. The number of halogens is 1. The molecule has 5 rings (SSSR count). The number of aliphatic carboxylic acids is 1. The van der Waals surface area contributed by atoms with Crippen LogP contribution in [0.15, 0.2) is 78.9 Å². The number of carboxylic acids is 1. The van der Waals surface area contributed by atoms with Crippen LogP contribution in [0.3, 0.4) is 0 Å². The molecule has 41 heavy (non-hydrogen) atoms. The van der Waals surface area contributed by atoms with Crippen LogP contribution < -0.4 is 0 Å². The Hall–Kier alpha value is -3.12. The van der Waals surface area contributed by atoms with Gasteiger partial charge < -0.3 is 10.2 Å². The van der Waals surface area contributed by atoms with Gasteiger partial charge in [-0.2, -0.15) is 0 Å². The maximum Gasteiger partial charge on any atom is 0.303 e. The van der Waals surface area contributed by atoms with Gasteiger partial charge in [-0.25, -0.2) is 4.98 Å². The second-order valence-corrected chi connectivity index (χ2v) is 12.7. The molecule has 1 saturated carbocycles. The number of rotatable bonds is 12. The standard InChI is InChI=1S/C35H36ClNO3S/c1-3-20-41-35(34(18-19-34)23-33(39)40,30-11-6-5-10-29(30)32(38)4-2)26-9-7-8-24(21-26)12-16-28-17-14-25-13-15-27(36)22-31(25)37-28/h5-17,21-22,32,38H,3-4,18-20,23H2,1-2H3,(H,39,40). The van der Waals surface area contributed by atoms with Crippen LogP contribution in [-0.4, -0.2) is 26.9 Å². The van der Waals surface area contributed by atoms with Gasteiger partial charge in [-0.3, -0.25) is 4.79 Å². The molecular weight excluding hydrogens is 550 g/mol. The average Bonchev–Trinajstić information content (AvgIpc) is 3.76. The lowest BCUT2D eigenvalue weighted by atomic mass is 9.72. The highest BCUT2D eigenvalue weighted by Gasteiger charge is 2.62. The van der Waals surface area contributed by atoms with Gasteiger partial charge in [0.2, 0.25) is 0 Å². The molecule has 1 aliphatic rings. The third-order valence-electron chi connectivity index (χ3n) is 8.11. The van der Waals surface area contributed by atoms with Crippen molar-refractivity contribution in [3.63, 3.8) is 0 Å². The van der Waals surface area contributed by atoms with E-state index >= 15 is 0 Å². The molecule has 212 valence electrons.